The highest BCUT2D eigenvalue weighted by molar-refractivity contribution is 4.78. The van der Waals surface area contributed by atoms with E-state index in [-0.39, 0.29) is 0 Å². The molecule has 102 valence electrons. The fourth-order valence-corrected chi connectivity index (χ4v) is 2.68. The van der Waals surface area contributed by atoms with Gasteiger partial charge in [0, 0.05) is 39.3 Å². The summed E-state index contributed by atoms with van der Waals surface area (Å²) in [5, 5.41) is 3.45. The lowest BCUT2D eigenvalue weighted by atomic mass is 10.1. The molecule has 0 radical (unpaired) electrons. The van der Waals surface area contributed by atoms with Crippen molar-refractivity contribution in [3.8, 4) is 0 Å². The molecule has 1 aliphatic carbocycles. The zero-order chi connectivity index (χ0) is 12.5. The Kier molecular flexibility index (Phi) is 7.82. The van der Waals surface area contributed by atoms with Gasteiger partial charge in [0.05, 0.1) is 6.61 Å². The molecular formula is C14H30N2O. The lowest BCUT2D eigenvalue weighted by molar-refractivity contribution is 0.171. The summed E-state index contributed by atoms with van der Waals surface area (Å²) in [4.78, 5) is 2.69. The predicted molar refractivity (Wildman–Crippen MR) is 73.4 cm³/mol. The Labute approximate surface area is 107 Å². The van der Waals surface area contributed by atoms with Gasteiger partial charge in [-0.15, -0.1) is 0 Å². The van der Waals surface area contributed by atoms with Crippen molar-refractivity contribution in [1.82, 2.24) is 10.2 Å². The van der Waals surface area contributed by atoms with Crippen LogP contribution in [-0.2, 0) is 4.74 Å². The number of hydrogen-bond acceptors (Lipinski definition) is 3. The Morgan fingerprint density at radius 1 is 1.24 bits per heavy atom. The summed E-state index contributed by atoms with van der Waals surface area (Å²) in [6.07, 6.45) is 5.67. The first-order valence-electron chi connectivity index (χ1n) is 7.17. The van der Waals surface area contributed by atoms with Crippen LogP contribution in [0.3, 0.4) is 0 Å². The highest BCUT2D eigenvalue weighted by atomic mass is 16.5. The van der Waals surface area contributed by atoms with Gasteiger partial charge in [0.1, 0.15) is 0 Å². The molecule has 3 heteroatoms. The van der Waals surface area contributed by atoms with Gasteiger partial charge in [-0.25, -0.2) is 0 Å². The molecule has 0 saturated heterocycles. The van der Waals surface area contributed by atoms with E-state index < -0.39 is 0 Å². The Morgan fingerprint density at radius 2 is 1.94 bits per heavy atom. The minimum atomic E-state index is 0.773. The molecule has 0 atom stereocenters. The van der Waals surface area contributed by atoms with Crippen LogP contribution >= 0.6 is 0 Å². The monoisotopic (exact) mass is 242 g/mol. The average Bonchev–Trinajstić information content (AvgIpc) is 2.80. The maximum Gasteiger partial charge on any atom is 0.0587 e. The summed E-state index contributed by atoms with van der Waals surface area (Å²) >= 11 is 0. The lowest BCUT2D eigenvalue weighted by Crippen LogP contribution is -2.41. The van der Waals surface area contributed by atoms with E-state index in [1.807, 2.05) is 0 Å². The third kappa shape index (κ3) is 6.39. The van der Waals surface area contributed by atoms with Crippen LogP contribution in [0.4, 0.5) is 0 Å². The minimum absolute atomic E-state index is 0.773. The maximum absolute atomic E-state index is 5.04. The van der Waals surface area contributed by atoms with Gasteiger partial charge >= 0.3 is 0 Å². The third-order valence-corrected chi connectivity index (χ3v) is 3.50. The minimum Gasteiger partial charge on any atom is -0.383 e. The predicted octanol–water partition coefficient (Wildman–Crippen LogP) is 2.12. The number of methoxy groups -OCH3 is 1. The van der Waals surface area contributed by atoms with E-state index >= 15 is 0 Å². The number of ether oxygens (including phenoxy) is 1. The van der Waals surface area contributed by atoms with E-state index in [0.29, 0.717) is 0 Å². The van der Waals surface area contributed by atoms with Crippen molar-refractivity contribution >= 4 is 0 Å². The molecule has 0 aliphatic heterocycles. The Bertz CT molecular complexity index is 179. The Hall–Kier alpha value is -0.120. The van der Waals surface area contributed by atoms with Gasteiger partial charge in [-0.3, -0.25) is 4.90 Å². The maximum atomic E-state index is 5.04. The molecule has 0 aromatic heterocycles. The fourth-order valence-electron chi connectivity index (χ4n) is 2.68. The fraction of sp³-hybridized carbons (Fsp3) is 1.00. The van der Waals surface area contributed by atoms with Crippen LogP contribution in [0.25, 0.3) is 0 Å². The van der Waals surface area contributed by atoms with Crippen LogP contribution < -0.4 is 5.32 Å². The number of nitrogens with zero attached hydrogens (tertiary/aromatic N) is 1. The summed E-state index contributed by atoms with van der Waals surface area (Å²) in [5.41, 5.74) is 0. The van der Waals surface area contributed by atoms with Crippen LogP contribution in [0.2, 0.25) is 0 Å². The first-order valence-corrected chi connectivity index (χ1v) is 7.17. The highest BCUT2D eigenvalue weighted by Gasteiger charge is 2.22. The third-order valence-electron chi connectivity index (χ3n) is 3.50. The molecule has 17 heavy (non-hydrogen) atoms. The normalized spacial score (nSPS) is 17.5. The van der Waals surface area contributed by atoms with Gasteiger partial charge in [0.2, 0.25) is 0 Å². The Balaban J connectivity index is 2.20. The van der Waals surface area contributed by atoms with Crippen molar-refractivity contribution in [2.24, 2.45) is 5.92 Å². The van der Waals surface area contributed by atoms with E-state index in [9.17, 15) is 0 Å². The molecule has 1 aliphatic rings. The van der Waals surface area contributed by atoms with E-state index in [2.05, 4.69) is 24.1 Å². The van der Waals surface area contributed by atoms with Crippen molar-refractivity contribution < 1.29 is 4.74 Å². The second-order valence-electron chi connectivity index (χ2n) is 5.57. The number of hydrogen-bond donors (Lipinski definition) is 1. The molecule has 1 rings (SSSR count). The molecule has 0 heterocycles. The van der Waals surface area contributed by atoms with Crippen LogP contribution in [0.5, 0.6) is 0 Å². The molecule has 3 nitrogen and oxygen atoms in total. The molecule has 0 aromatic rings. The van der Waals surface area contributed by atoms with Crippen LogP contribution in [0, 0.1) is 5.92 Å². The van der Waals surface area contributed by atoms with Gasteiger partial charge in [-0.2, -0.15) is 0 Å². The topological polar surface area (TPSA) is 24.5 Å². The summed E-state index contributed by atoms with van der Waals surface area (Å²) in [5.74, 6) is 0.773. The highest BCUT2D eigenvalue weighted by Crippen LogP contribution is 2.23. The summed E-state index contributed by atoms with van der Waals surface area (Å²) in [6, 6.07) is 0.849. The van der Waals surface area contributed by atoms with E-state index in [0.717, 1.165) is 31.7 Å². The molecule has 0 bridgehead atoms. The SMILES string of the molecule is COCCNCCN(CC(C)C)C1CCCC1. The lowest BCUT2D eigenvalue weighted by Gasteiger charge is -2.30. The van der Waals surface area contributed by atoms with Crippen molar-refractivity contribution in [2.75, 3.05) is 39.9 Å². The van der Waals surface area contributed by atoms with E-state index in [4.69, 9.17) is 4.74 Å². The van der Waals surface area contributed by atoms with Crippen molar-refractivity contribution in [1.29, 1.82) is 0 Å². The zero-order valence-electron chi connectivity index (χ0n) is 11.9. The molecular weight excluding hydrogens is 212 g/mol. The molecule has 0 spiro atoms. The summed E-state index contributed by atoms with van der Waals surface area (Å²) in [6.45, 7) is 9.95. The van der Waals surface area contributed by atoms with E-state index in [1.54, 1.807) is 7.11 Å². The smallest absolute Gasteiger partial charge is 0.0587 e. The first-order chi connectivity index (χ1) is 8.24. The van der Waals surface area contributed by atoms with E-state index in [1.165, 1.54) is 38.8 Å². The first kappa shape index (κ1) is 14.9. The van der Waals surface area contributed by atoms with Crippen LogP contribution in [0.15, 0.2) is 0 Å². The molecule has 1 fully saturated rings. The standard InChI is InChI=1S/C14H30N2O/c1-13(2)12-16(14-6-4-5-7-14)10-8-15-9-11-17-3/h13-15H,4-12H2,1-3H3. The summed E-state index contributed by atoms with van der Waals surface area (Å²) in [7, 11) is 1.76. The van der Waals surface area contributed by atoms with Crippen molar-refractivity contribution in [3.63, 3.8) is 0 Å². The number of nitrogens with one attached hydrogen (secondary N) is 1. The molecule has 0 amide bonds. The zero-order valence-corrected chi connectivity index (χ0v) is 11.9. The van der Waals surface area contributed by atoms with Gasteiger partial charge < -0.3 is 10.1 Å². The largest absolute Gasteiger partial charge is 0.383 e. The van der Waals surface area contributed by atoms with Gasteiger partial charge in [-0.1, -0.05) is 26.7 Å². The van der Waals surface area contributed by atoms with Gasteiger partial charge in [0.15, 0.2) is 0 Å². The van der Waals surface area contributed by atoms with Crippen LogP contribution in [-0.4, -0.2) is 50.8 Å². The molecule has 0 unspecified atom stereocenters. The molecule has 1 N–H and O–H groups in total. The number of rotatable bonds is 9. The molecule has 1 saturated carbocycles. The Morgan fingerprint density at radius 3 is 2.53 bits per heavy atom. The summed E-state index contributed by atoms with van der Waals surface area (Å²) < 4.78 is 5.04. The van der Waals surface area contributed by atoms with Gasteiger partial charge in [-0.05, 0) is 18.8 Å². The quantitative estimate of drug-likeness (QED) is 0.627. The molecule has 0 aromatic carbocycles. The average molecular weight is 242 g/mol. The second kappa shape index (κ2) is 8.90. The van der Waals surface area contributed by atoms with Crippen molar-refractivity contribution in [2.45, 2.75) is 45.6 Å². The van der Waals surface area contributed by atoms with Crippen molar-refractivity contribution in [3.05, 3.63) is 0 Å². The second-order valence-corrected chi connectivity index (χ2v) is 5.57. The van der Waals surface area contributed by atoms with Gasteiger partial charge in [0.25, 0.3) is 0 Å². The van der Waals surface area contributed by atoms with Crippen LogP contribution in [0.1, 0.15) is 39.5 Å².